The minimum Gasteiger partial charge on any atom is -0.477 e. The fourth-order valence-electron chi connectivity index (χ4n) is 1.91. The van der Waals surface area contributed by atoms with Crippen LogP contribution in [0.5, 0.6) is 0 Å². The number of hydrogen-bond donors (Lipinski definition) is 2. The van der Waals surface area contributed by atoms with E-state index in [0.29, 0.717) is 24.9 Å². The van der Waals surface area contributed by atoms with Gasteiger partial charge in [0.25, 0.3) is 5.91 Å². The molecule has 1 aromatic heterocycles. The largest absolute Gasteiger partial charge is 0.477 e. The highest BCUT2D eigenvalue weighted by Crippen LogP contribution is 2.12. The van der Waals surface area contributed by atoms with E-state index >= 15 is 0 Å². The van der Waals surface area contributed by atoms with Crippen LogP contribution in [0.1, 0.15) is 61.5 Å². The quantitative estimate of drug-likeness (QED) is 0.772. The molecule has 0 spiro atoms. The fraction of sp³-hybridized carbons (Fsp3) is 0.667. The third-order valence-corrected chi connectivity index (χ3v) is 3.30. The van der Waals surface area contributed by atoms with E-state index in [2.05, 4.69) is 37.7 Å². The average molecular weight is 295 g/mol. The Hall–Kier alpha value is -1.85. The Morgan fingerprint density at radius 3 is 2.14 bits per heavy atom. The van der Waals surface area contributed by atoms with Crippen LogP contribution in [0.15, 0.2) is 6.33 Å². The van der Waals surface area contributed by atoms with Gasteiger partial charge in [-0.1, -0.05) is 27.7 Å². The van der Waals surface area contributed by atoms with E-state index in [9.17, 15) is 9.59 Å². The lowest BCUT2D eigenvalue weighted by atomic mass is 10.1. The molecule has 1 heterocycles. The van der Waals surface area contributed by atoms with Crippen LogP contribution in [0.3, 0.4) is 0 Å². The number of aromatic nitrogens is 2. The fourth-order valence-corrected chi connectivity index (χ4v) is 1.91. The Morgan fingerprint density at radius 2 is 1.71 bits per heavy atom. The number of amides is 1. The molecular weight excluding hydrogens is 270 g/mol. The van der Waals surface area contributed by atoms with E-state index in [-0.39, 0.29) is 17.3 Å². The zero-order chi connectivity index (χ0) is 16.0. The molecule has 1 rings (SSSR count). The number of H-pyrrole nitrogens is 1. The molecule has 0 unspecified atom stereocenters. The van der Waals surface area contributed by atoms with Crippen molar-refractivity contribution in [2.24, 2.45) is 11.8 Å². The van der Waals surface area contributed by atoms with Gasteiger partial charge in [0.15, 0.2) is 11.4 Å². The molecule has 2 N–H and O–H groups in total. The molecule has 0 fully saturated rings. The van der Waals surface area contributed by atoms with E-state index in [1.807, 2.05) is 0 Å². The Kier molecular flexibility index (Phi) is 6.39. The predicted molar refractivity (Wildman–Crippen MR) is 80.4 cm³/mol. The van der Waals surface area contributed by atoms with Crippen LogP contribution in [0.2, 0.25) is 0 Å². The molecule has 0 aliphatic rings. The first-order valence-electron chi connectivity index (χ1n) is 7.38. The van der Waals surface area contributed by atoms with Crippen LogP contribution in [-0.4, -0.2) is 44.9 Å². The average Bonchev–Trinajstić information content (AvgIpc) is 2.86. The Bertz CT molecular complexity index is 468. The summed E-state index contributed by atoms with van der Waals surface area (Å²) in [6.45, 7) is 9.64. The Morgan fingerprint density at radius 1 is 1.19 bits per heavy atom. The first-order valence-corrected chi connectivity index (χ1v) is 7.38. The lowest BCUT2D eigenvalue weighted by Gasteiger charge is -2.24. The topological polar surface area (TPSA) is 86.3 Å². The van der Waals surface area contributed by atoms with Crippen LogP contribution >= 0.6 is 0 Å². The van der Waals surface area contributed by atoms with Gasteiger partial charge in [-0.05, 0) is 24.7 Å². The maximum atomic E-state index is 12.5. The molecule has 118 valence electrons. The number of aromatic carboxylic acids is 1. The van der Waals surface area contributed by atoms with Crippen molar-refractivity contribution in [3.05, 3.63) is 17.7 Å². The molecule has 0 saturated heterocycles. The standard InChI is InChI=1S/C15H25N3O3/c1-10(2)5-7-18(8-6-11(3)4)14(19)12-13(15(20)21)17-9-16-12/h9-11H,5-8H2,1-4H3,(H,16,17)(H,20,21). The molecule has 0 aliphatic carbocycles. The van der Waals surface area contributed by atoms with E-state index in [1.54, 1.807) is 4.90 Å². The number of carboxylic acids is 1. The number of carbonyl (C=O) groups is 2. The third-order valence-electron chi connectivity index (χ3n) is 3.30. The van der Waals surface area contributed by atoms with Crippen molar-refractivity contribution in [3.63, 3.8) is 0 Å². The molecule has 6 heteroatoms. The molecule has 0 aromatic carbocycles. The molecule has 1 amide bonds. The van der Waals surface area contributed by atoms with Gasteiger partial charge in [-0.2, -0.15) is 0 Å². The molecule has 0 atom stereocenters. The summed E-state index contributed by atoms with van der Waals surface area (Å²) in [5.74, 6) is -0.506. The highest BCUT2D eigenvalue weighted by Gasteiger charge is 2.24. The first-order chi connectivity index (χ1) is 9.82. The Labute approximate surface area is 125 Å². The normalized spacial score (nSPS) is 11.1. The van der Waals surface area contributed by atoms with Crippen LogP contribution in [0.25, 0.3) is 0 Å². The maximum absolute atomic E-state index is 12.5. The molecule has 21 heavy (non-hydrogen) atoms. The number of carboxylic acid groups (broad SMARTS) is 1. The number of aromatic amines is 1. The van der Waals surface area contributed by atoms with Gasteiger partial charge in [0.2, 0.25) is 0 Å². The van der Waals surface area contributed by atoms with Crippen LogP contribution in [0.4, 0.5) is 0 Å². The lowest BCUT2D eigenvalue weighted by molar-refractivity contribution is 0.0664. The van der Waals surface area contributed by atoms with Crippen molar-refractivity contribution in [3.8, 4) is 0 Å². The molecule has 6 nitrogen and oxygen atoms in total. The second-order valence-electron chi connectivity index (χ2n) is 6.09. The van der Waals surface area contributed by atoms with Gasteiger partial charge in [-0.15, -0.1) is 0 Å². The highest BCUT2D eigenvalue weighted by molar-refractivity contribution is 6.02. The second-order valence-corrected chi connectivity index (χ2v) is 6.09. The van der Waals surface area contributed by atoms with Crippen LogP contribution < -0.4 is 0 Å². The SMILES string of the molecule is CC(C)CCN(CCC(C)C)C(=O)c1nc[nH]c1C(=O)O. The molecular formula is C15H25N3O3. The number of nitrogens with zero attached hydrogens (tertiary/aromatic N) is 2. The van der Waals surface area contributed by atoms with Gasteiger partial charge in [0, 0.05) is 13.1 Å². The van der Waals surface area contributed by atoms with Gasteiger partial charge >= 0.3 is 5.97 Å². The molecule has 0 radical (unpaired) electrons. The summed E-state index contributed by atoms with van der Waals surface area (Å²) < 4.78 is 0. The van der Waals surface area contributed by atoms with Crippen molar-refractivity contribution in [1.29, 1.82) is 0 Å². The van der Waals surface area contributed by atoms with Crippen molar-refractivity contribution in [1.82, 2.24) is 14.9 Å². The van der Waals surface area contributed by atoms with Gasteiger partial charge in [0.05, 0.1) is 6.33 Å². The maximum Gasteiger partial charge on any atom is 0.354 e. The number of imidazole rings is 1. The van der Waals surface area contributed by atoms with E-state index in [0.717, 1.165) is 12.8 Å². The smallest absolute Gasteiger partial charge is 0.354 e. The monoisotopic (exact) mass is 295 g/mol. The minimum absolute atomic E-state index is 0.00462. The summed E-state index contributed by atoms with van der Waals surface area (Å²) in [5.41, 5.74) is -0.144. The summed E-state index contributed by atoms with van der Waals surface area (Å²) in [6, 6.07) is 0. The zero-order valence-electron chi connectivity index (χ0n) is 13.2. The minimum atomic E-state index is -1.16. The number of carbonyl (C=O) groups excluding carboxylic acids is 1. The third kappa shape index (κ3) is 5.21. The summed E-state index contributed by atoms with van der Waals surface area (Å²) >= 11 is 0. The summed E-state index contributed by atoms with van der Waals surface area (Å²) in [7, 11) is 0. The number of nitrogens with one attached hydrogen (secondary N) is 1. The molecule has 0 saturated carbocycles. The van der Waals surface area contributed by atoms with Gasteiger partial charge in [-0.3, -0.25) is 4.79 Å². The highest BCUT2D eigenvalue weighted by atomic mass is 16.4. The van der Waals surface area contributed by atoms with E-state index < -0.39 is 5.97 Å². The number of hydrogen-bond acceptors (Lipinski definition) is 3. The van der Waals surface area contributed by atoms with Gasteiger partial charge in [0.1, 0.15) is 0 Å². The molecule has 1 aromatic rings. The van der Waals surface area contributed by atoms with E-state index in [1.165, 1.54) is 6.33 Å². The molecule has 0 bridgehead atoms. The van der Waals surface area contributed by atoms with Crippen molar-refractivity contribution >= 4 is 11.9 Å². The second kappa shape index (κ2) is 7.81. The van der Waals surface area contributed by atoms with Crippen molar-refractivity contribution in [2.75, 3.05) is 13.1 Å². The van der Waals surface area contributed by atoms with Crippen LogP contribution in [-0.2, 0) is 0 Å². The Balaban J connectivity index is 2.87. The number of rotatable bonds is 8. The summed E-state index contributed by atoms with van der Waals surface area (Å²) in [4.78, 5) is 31.7. The first kappa shape index (κ1) is 17.2. The van der Waals surface area contributed by atoms with Crippen LogP contribution in [0, 0.1) is 11.8 Å². The van der Waals surface area contributed by atoms with Crippen molar-refractivity contribution < 1.29 is 14.7 Å². The van der Waals surface area contributed by atoms with Crippen molar-refractivity contribution in [2.45, 2.75) is 40.5 Å². The van der Waals surface area contributed by atoms with Gasteiger partial charge in [-0.25, -0.2) is 9.78 Å². The molecule has 0 aliphatic heterocycles. The summed E-state index contributed by atoms with van der Waals surface area (Å²) in [6.07, 6.45) is 3.02. The van der Waals surface area contributed by atoms with E-state index in [4.69, 9.17) is 5.11 Å². The van der Waals surface area contributed by atoms with Gasteiger partial charge < -0.3 is 15.0 Å². The lowest BCUT2D eigenvalue weighted by Crippen LogP contribution is -2.35. The summed E-state index contributed by atoms with van der Waals surface area (Å²) in [5, 5.41) is 9.08. The zero-order valence-corrected chi connectivity index (χ0v) is 13.2. The predicted octanol–water partition coefficient (Wildman–Crippen LogP) is 2.64.